The molecule has 2 nitrogen and oxygen atoms in total. The first kappa shape index (κ1) is 13.7. The van der Waals surface area contributed by atoms with Gasteiger partial charge in [0.25, 0.3) is 0 Å². The van der Waals surface area contributed by atoms with Crippen LogP contribution in [0, 0.1) is 17.8 Å². The van der Waals surface area contributed by atoms with Crippen molar-refractivity contribution in [2.45, 2.75) is 58.7 Å². The molecule has 0 spiro atoms. The van der Waals surface area contributed by atoms with E-state index in [1.165, 1.54) is 0 Å². The van der Waals surface area contributed by atoms with E-state index in [1.807, 2.05) is 20.8 Å². The van der Waals surface area contributed by atoms with Crippen LogP contribution in [-0.4, -0.2) is 21.9 Å². The largest absolute Gasteiger partial charge is 0.392 e. The lowest BCUT2D eigenvalue weighted by atomic mass is 9.76. The SMILES string of the molecule is CCCC[C@H]1C=C[C@H](C)[C@](C)(O)[C@H](C)[C@H]1O. The molecule has 0 saturated heterocycles. The van der Waals surface area contributed by atoms with Gasteiger partial charge in [-0.15, -0.1) is 0 Å². The fourth-order valence-corrected chi connectivity index (χ4v) is 2.46. The molecule has 1 aliphatic carbocycles. The predicted octanol–water partition coefficient (Wildman–Crippen LogP) is 2.75. The third-order valence-electron chi connectivity index (χ3n) is 4.33. The Kier molecular flexibility index (Phi) is 4.57. The van der Waals surface area contributed by atoms with Crippen molar-refractivity contribution >= 4 is 0 Å². The van der Waals surface area contributed by atoms with E-state index in [-0.39, 0.29) is 17.8 Å². The van der Waals surface area contributed by atoms with E-state index in [4.69, 9.17) is 0 Å². The predicted molar refractivity (Wildman–Crippen MR) is 67.1 cm³/mol. The fourth-order valence-electron chi connectivity index (χ4n) is 2.46. The summed E-state index contributed by atoms with van der Waals surface area (Å²) in [5, 5.41) is 20.7. The Balaban J connectivity index is 2.81. The molecule has 1 aliphatic rings. The van der Waals surface area contributed by atoms with Crippen molar-refractivity contribution in [3.8, 4) is 0 Å². The minimum Gasteiger partial charge on any atom is -0.392 e. The molecule has 5 atom stereocenters. The summed E-state index contributed by atoms with van der Waals surface area (Å²) in [5.74, 6) is 0.217. The van der Waals surface area contributed by atoms with Gasteiger partial charge < -0.3 is 10.2 Å². The molecule has 0 radical (unpaired) electrons. The number of unbranched alkanes of at least 4 members (excludes halogenated alkanes) is 1. The van der Waals surface area contributed by atoms with Gasteiger partial charge in [0.05, 0.1) is 11.7 Å². The van der Waals surface area contributed by atoms with Gasteiger partial charge in [-0.25, -0.2) is 0 Å². The normalized spacial score (nSPS) is 44.4. The van der Waals surface area contributed by atoms with Gasteiger partial charge in [0.2, 0.25) is 0 Å². The van der Waals surface area contributed by atoms with Crippen LogP contribution in [0.4, 0.5) is 0 Å². The summed E-state index contributed by atoms with van der Waals surface area (Å²) < 4.78 is 0. The van der Waals surface area contributed by atoms with Gasteiger partial charge in [0.1, 0.15) is 0 Å². The van der Waals surface area contributed by atoms with Crippen molar-refractivity contribution in [3.63, 3.8) is 0 Å². The lowest BCUT2D eigenvalue weighted by Crippen LogP contribution is -2.45. The molecule has 0 heterocycles. The van der Waals surface area contributed by atoms with Crippen LogP contribution in [0.1, 0.15) is 47.0 Å². The number of aliphatic hydroxyl groups excluding tert-OH is 1. The summed E-state index contributed by atoms with van der Waals surface area (Å²) in [4.78, 5) is 0. The molecule has 0 aromatic rings. The summed E-state index contributed by atoms with van der Waals surface area (Å²) in [5.41, 5.74) is -0.809. The third-order valence-corrected chi connectivity index (χ3v) is 4.33. The van der Waals surface area contributed by atoms with Gasteiger partial charge in [0.15, 0.2) is 0 Å². The van der Waals surface area contributed by atoms with Gasteiger partial charge in [-0.05, 0) is 13.3 Å². The van der Waals surface area contributed by atoms with Crippen molar-refractivity contribution in [3.05, 3.63) is 12.2 Å². The molecule has 0 fully saturated rings. The molecule has 2 heteroatoms. The first-order chi connectivity index (χ1) is 7.41. The maximum Gasteiger partial charge on any atom is 0.0729 e. The zero-order chi connectivity index (χ0) is 12.3. The highest BCUT2D eigenvalue weighted by molar-refractivity contribution is 5.07. The number of hydrogen-bond acceptors (Lipinski definition) is 2. The molecule has 0 aliphatic heterocycles. The molecule has 0 amide bonds. The smallest absolute Gasteiger partial charge is 0.0729 e. The topological polar surface area (TPSA) is 40.5 Å². The van der Waals surface area contributed by atoms with E-state index in [0.717, 1.165) is 19.3 Å². The zero-order valence-corrected chi connectivity index (χ0v) is 11.0. The van der Waals surface area contributed by atoms with E-state index in [2.05, 4.69) is 19.1 Å². The highest BCUT2D eigenvalue weighted by Gasteiger charge is 2.41. The third kappa shape index (κ3) is 2.67. The van der Waals surface area contributed by atoms with E-state index in [1.54, 1.807) is 0 Å². The van der Waals surface area contributed by atoms with Crippen LogP contribution < -0.4 is 0 Å². The molecule has 1 rings (SSSR count). The van der Waals surface area contributed by atoms with Crippen LogP contribution in [0.15, 0.2) is 12.2 Å². The molecule has 0 saturated carbocycles. The van der Waals surface area contributed by atoms with E-state index < -0.39 is 11.7 Å². The molecule has 0 aromatic heterocycles. The molecule has 0 aromatic carbocycles. The van der Waals surface area contributed by atoms with Gasteiger partial charge in [-0.1, -0.05) is 45.8 Å². The quantitative estimate of drug-likeness (QED) is 0.726. The van der Waals surface area contributed by atoms with Crippen LogP contribution in [0.3, 0.4) is 0 Å². The van der Waals surface area contributed by atoms with Crippen molar-refractivity contribution in [2.24, 2.45) is 17.8 Å². The summed E-state index contributed by atoms with van der Waals surface area (Å²) in [7, 11) is 0. The molecule has 2 N–H and O–H groups in total. The minimum absolute atomic E-state index is 0.0839. The Hall–Kier alpha value is -0.340. The maximum absolute atomic E-state index is 10.4. The van der Waals surface area contributed by atoms with Crippen LogP contribution in [0.25, 0.3) is 0 Å². The second kappa shape index (κ2) is 5.33. The molecule has 0 bridgehead atoms. The molecule has 16 heavy (non-hydrogen) atoms. The number of rotatable bonds is 3. The lowest BCUT2D eigenvalue weighted by Gasteiger charge is -2.37. The molecular weight excluding hydrogens is 200 g/mol. The second-order valence-corrected chi connectivity index (χ2v) is 5.48. The Labute approximate surface area is 99.4 Å². The van der Waals surface area contributed by atoms with Gasteiger partial charge in [-0.3, -0.25) is 0 Å². The van der Waals surface area contributed by atoms with E-state index in [9.17, 15) is 10.2 Å². The number of aliphatic hydroxyl groups is 2. The van der Waals surface area contributed by atoms with Crippen LogP contribution in [-0.2, 0) is 0 Å². The standard InChI is InChI=1S/C14H26O2/c1-5-6-7-12-9-8-10(2)14(4,16)11(3)13(12)15/h8-13,15-16H,5-7H2,1-4H3/t10-,11+,12-,13+,14-/m0/s1. The average Bonchev–Trinajstić information content (AvgIpc) is 2.31. The van der Waals surface area contributed by atoms with E-state index in [0.29, 0.717) is 0 Å². The monoisotopic (exact) mass is 226 g/mol. The highest BCUT2D eigenvalue weighted by Crippen LogP contribution is 2.36. The highest BCUT2D eigenvalue weighted by atomic mass is 16.3. The molecule has 94 valence electrons. The first-order valence-corrected chi connectivity index (χ1v) is 6.50. The van der Waals surface area contributed by atoms with Crippen molar-refractivity contribution in [1.82, 2.24) is 0 Å². The van der Waals surface area contributed by atoms with Crippen LogP contribution in [0.2, 0.25) is 0 Å². The van der Waals surface area contributed by atoms with Crippen LogP contribution >= 0.6 is 0 Å². The second-order valence-electron chi connectivity index (χ2n) is 5.48. The average molecular weight is 226 g/mol. The number of hydrogen-bond donors (Lipinski definition) is 2. The van der Waals surface area contributed by atoms with E-state index >= 15 is 0 Å². The summed E-state index contributed by atoms with van der Waals surface area (Å²) >= 11 is 0. The Bertz CT molecular complexity index is 245. The Morgan fingerprint density at radius 2 is 1.88 bits per heavy atom. The maximum atomic E-state index is 10.4. The Morgan fingerprint density at radius 3 is 2.44 bits per heavy atom. The van der Waals surface area contributed by atoms with Gasteiger partial charge >= 0.3 is 0 Å². The Morgan fingerprint density at radius 1 is 1.25 bits per heavy atom. The fraction of sp³-hybridized carbons (Fsp3) is 0.857. The van der Waals surface area contributed by atoms with Crippen LogP contribution in [0.5, 0.6) is 0 Å². The van der Waals surface area contributed by atoms with Gasteiger partial charge in [-0.2, -0.15) is 0 Å². The van der Waals surface area contributed by atoms with Gasteiger partial charge in [0, 0.05) is 17.8 Å². The van der Waals surface area contributed by atoms with Crippen molar-refractivity contribution in [1.29, 1.82) is 0 Å². The lowest BCUT2D eigenvalue weighted by molar-refractivity contribution is -0.0802. The van der Waals surface area contributed by atoms with Crippen molar-refractivity contribution < 1.29 is 10.2 Å². The van der Waals surface area contributed by atoms with Crippen molar-refractivity contribution in [2.75, 3.05) is 0 Å². The molecule has 0 unspecified atom stereocenters. The molecular formula is C14H26O2. The summed E-state index contributed by atoms with van der Waals surface area (Å²) in [6.07, 6.45) is 7.03. The zero-order valence-electron chi connectivity index (χ0n) is 11.0. The first-order valence-electron chi connectivity index (χ1n) is 6.50. The summed E-state index contributed by atoms with van der Waals surface area (Å²) in [6.45, 7) is 7.96. The minimum atomic E-state index is -0.809. The summed E-state index contributed by atoms with van der Waals surface area (Å²) in [6, 6.07) is 0.